The van der Waals surface area contributed by atoms with Crippen LogP contribution in [0.4, 0.5) is 17.2 Å². The van der Waals surface area contributed by atoms with Gasteiger partial charge in [0.15, 0.2) is 0 Å². The van der Waals surface area contributed by atoms with Crippen LogP contribution in [0.5, 0.6) is 0 Å². The molecule has 1 aliphatic rings. The van der Waals surface area contributed by atoms with Crippen LogP contribution in [0.2, 0.25) is 0 Å². The number of aromatic nitrogens is 2. The van der Waals surface area contributed by atoms with E-state index in [9.17, 15) is 9.59 Å². The summed E-state index contributed by atoms with van der Waals surface area (Å²) in [5.74, 6) is 0.0476. The minimum absolute atomic E-state index is 0.164. The van der Waals surface area contributed by atoms with Gasteiger partial charge in [-0.2, -0.15) is 0 Å². The number of rotatable bonds is 4. The molecule has 1 saturated heterocycles. The Morgan fingerprint density at radius 1 is 1.07 bits per heavy atom. The normalized spacial score (nSPS) is 13.9. The molecular formula is C22H23N5O2. The van der Waals surface area contributed by atoms with Gasteiger partial charge in [-0.05, 0) is 61.7 Å². The summed E-state index contributed by atoms with van der Waals surface area (Å²) in [6, 6.07) is 14.3. The molecule has 4 N–H and O–H groups in total. The van der Waals surface area contributed by atoms with Crippen LogP contribution in [-0.2, 0) is 0 Å². The van der Waals surface area contributed by atoms with Gasteiger partial charge in [-0.3, -0.25) is 9.59 Å². The molecule has 4 rings (SSSR count). The molecule has 3 heterocycles. The third-order valence-electron chi connectivity index (χ3n) is 5.07. The lowest BCUT2D eigenvalue weighted by Gasteiger charge is -2.28. The number of hydrogen-bond donors (Lipinski definition) is 3. The number of pyridine rings is 2. The number of carbonyl (C=O) groups excluding carboxylic acids is 1. The molecule has 1 aliphatic heterocycles. The number of nitrogens with two attached hydrogens (primary N) is 1. The average Bonchev–Trinajstić information content (AvgIpc) is 2.76. The molecule has 1 aromatic carbocycles. The van der Waals surface area contributed by atoms with Gasteiger partial charge in [0, 0.05) is 36.1 Å². The third kappa shape index (κ3) is 4.29. The van der Waals surface area contributed by atoms with Crippen LogP contribution in [0.25, 0.3) is 11.3 Å². The molecule has 0 unspecified atom stereocenters. The summed E-state index contributed by atoms with van der Waals surface area (Å²) in [6.07, 6.45) is 5.22. The molecule has 0 saturated carbocycles. The van der Waals surface area contributed by atoms with E-state index < -0.39 is 0 Å². The van der Waals surface area contributed by atoms with Gasteiger partial charge in [0.05, 0.1) is 5.69 Å². The van der Waals surface area contributed by atoms with E-state index in [1.54, 1.807) is 42.6 Å². The number of piperidine rings is 1. The summed E-state index contributed by atoms with van der Waals surface area (Å²) in [7, 11) is 0. The van der Waals surface area contributed by atoms with Crippen LogP contribution in [0.1, 0.15) is 29.6 Å². The SMILES string of the molecule is Nc1cccc(-c2c[nH]c(=O)c(NC(=O)c3ccc(N4CCCCC4)cc3)c2)n1. The van der Waals surface area contributed by atoms with Gasteiger partial charge in [0.25, 0.3) is 11.5 Å². The summed E-state index contributed by atoms with van der Waals surface area (Å²) >= 11 is 0. The number of nitrogen functional groups attached to an aromatic ring is 1. The Hall–Kier alpha value is -3.61. The highest BCUT2D eigenvalue weighted by molar-refractivity contribution is 6.04. The first-order chi connectivity index (χ1) is 14.1. The fraction of sp³-hybridized carbons (Fsp3) is 0.227. The van der Waals surface area contributed by atoms with Crippen molar-refractivity contribution in [2.45, 2.75) is 19.3 Å². The van der Waals surface area contributed by atoms with Crippen LogP contribution >= 0.6 is 0 Å². The van der Waals surface area contributed by atoms with Gasteiger partial charge in [-0.25, -0.2) is 4.98 Å². The summed E-state index contributed by atoms with van der Waals surface area (Å²) in [5, 5.41) is 2.69. The van der Waals surface area contributed by atoms with Crippen molar-refractivity contribution >= 4 is 23.1 Å². The van der Waals surface area contributed by atoms with Gasteiger partial charge < -0.3 is 20.9 Å². The number of H-pyrrole nitrogens is 1. The van der Waals surface area contributed by atoms with Crippen LogP contribution in [0, 0.1) is 0 Å². The minimum atomic E-state index is -0.379. The van der Waals surface area contributed by atoms with Gasteiger partial charge in [-0.1, -0.05) is 6.07 Å². The first-order valence-corrected chi connectivity index (χ1v) is 9.72. The smallest absolute Gasteiger partial charge is 0.271 e. The number of carbonyl (C=O) groups is 1. The standard InChI is InChI=1S/C22H23N5O2/c23-20-6-4-5-18(25-20)16-13-19(22(29)24-14-16)26-21(28)15-7-9-17(10-8-15)27-11-2-1-3-12-27/h4-10,13-14H,1-3,11-12H2,(H2,23,25)(H,24,29)(H,26,28). The zero-order chi connectivity index (χ0) is 20.2. The zero-order valence-corrected chi connectivity index (χ0v) is 16.0. The van der Waals surface area contributed by atoms with Crippen molar-refractivity contribution in [1.82, 2.24) is 9.97 Å². The highest BCUT2D eigenvalue weighted by Crippen LogP contribution is 2.21. The Balaban J connectivity index is 1.52. The van der Waals surface area contributed by atoms with E-state index >= 15 is 0 Å². The Kier molecular flexibility index (Phi) is 5.29. The number of aromatic amines is 1. The number of benzene rings is 1. The molecular weight excluding hydrogens is 366 g/mol. The number of amides is 1. The highest BCUT2D eigenvalue weighted by Gasteiger charge is 2.13. The first-order valence-electron chi connectivity index (χ1n) is 9.72. The third-order valence-corrected chi connectivity index (χ3v) is 5.07. The lowest BCUT2D eigenvalue weighted by Crippen LogP contribution is -2.29. The molecule has 148 valence electrons. The Labute approximate surface area is 168 Å². The van der Waals surface area contributed by atoms with E-state index in [-0.39, 0.29) is 17.2 Å². The summed E-state index contributed by atoms with van der Waals surface area (Å²) in [5.41, 5.74) is 8.41. The lowest BCUT2D eigenvalue weighted by molar-refractivity contribution is 0.102. The number of anilines is 3. The second-order valence-corrected chi connectivity index (χ2v) is 7.13. The fourth-order valence-electron chi connectivity index (χ4n) is 3.51. The lowest BCUT2D eigenvalue weighted by atomic mass is 10.1. The fourth-order valence-corrected chi connectivity index (χ4v) is 3.51. The average molecular weight is 389 g/mol. The van der Waals surface area contributed by atoms with Crippen LogP contribution in [-0.4, -0.2) is 29.0 Å². The van der Waals surface area contributed by atoms with Crippen molar-refractivity contribution in [2.75, 3.05) is 29.0 Å². The second-order valence-electron chi connectivity index (χ2n) is 7.13. The van der Waals surface area contributed by atoms with Crippen LogP contribution in [0.3, 0.4) is 0 Å². The van der Waals surface area contributed by atoms with E-state index in [0.717, 1.165) is 18.8 Å². The predicted molar refractivity (Wildman–Crippen MR) is 115 cm³/mol. The van der Waals surface area contributed by atoms with E-state index in [1.165, 1.54) is 19.3 Å². The Morgan fingerprint density at radius 3 is 2.55 bits per heavy atom. The van der Waals surface area contributed by atoms with Gasteiger partial charge >= 0.3 is 0 Å². The van der Waals surface area contributed by atoms with Crippen molar-refractivity contribution in [2.24, 2.45) is 0 Å². The van der Waals surface area contributed by atoms with Crippen molar-refractivity contribution in [1.29, 1.82) is 0 Å². The Bertz CT molecular complexity index is 1070. The van der Waals surface area contributed by atoms with E-state index in [4.69, 9.17) is 5.73 Å². The van der Waals surface area contributed by atoms with Gasteiger partial charge in [-0.15, -0.1) is 0 Å². The molecule has 0 spiro atoms. The molecule has 0 radical (unpaired) electrons. The summed E-state index contributed by atoms with van der Waals surface area (Å²) < 4.78 is 0. The predicted octanol–water partition coefficient (Wildman–Crippen LogP) is 3.26. The minimum Gasteiger partial charge on any atom is -0.384 e. The number of hydrogen-bond acceptors (Lipinski definition) is 5. The Morgan fingerprint density at radius 2 is 1.83 bits per heavy atom. The highest BCUT2D eigenvalue weighted by atomic mass is 16.2. The topological polar surface area (TPSA) is 104 Å². The molecule has 0 atom stereocenters. The molecule has 7 nitrogen and oxygen atoms in total. The molecule has 29 heavy (non-hydrogen) atoms. The van der Waals surface area contributed by atoms with E-state index in [1.807, 2.05) is 12.1 Å². The van der Waals surface area contributed by atoms with Crippen molar-refractivity contribution in [3.8, 4) is 11.3 Å². The molecule has 3 aromatic rings. The van der Waals surface area contributed by atoms with Crippen molar-refractivity contribution < 1.29 is 4.79 Å². The maximum Gasteiger partial charge on any atom is 0.271 e. The van der Waals surface area contributed by atoms with Gasteiger partial charge in [0.1, 0.15) is 11.5 Å². The number of nitrogens with one attached hydrogen (secondary N) is 2. The van der Waals surface area contributed by atoms with Gasteiger partial charge in [0.2, 0.25) is 0 Å². The van der Waals surface area contributed by atoms with E-state index in [2.05, 4.69) is 20.2 Å². The molecule has 0 bridgehead atoms. The maximum atomic E-state index is 12.6. The quantitative estimate of drug-likeness (QED) is 0.635. The molecule has 7 heteroatoms. The van der Waals surface area contributed by atoms with Crippen molar-refractivity contribution in [3.05, 3.63) is 70.6 Å². The molecule has 1 fully saturated rings. The zero-order valence-electron chi connectivity index (χ0n) is 16.0. The first kappa shape index (κ1) is 18.7. The number of nitrogens with zero attached hydrogens (tertiary/aromatic N) is 2. The van der Waals surface area contributed by atoms with Crippen LogP contribution < -0.4 is 21.5 Å². The monoisotopic (exact) mass is 389 g/mol. The molecule has 1 amide bonds. The summed E-state index contributed by atoms with van der Waals surface area (Å²) in [6.45, 7) is 2.09. The molecule has 2 aromatic heterocycles. The van der Waals surface area contributed by atoms with E-state index in [0.29, 0.717) is 22.6 Å². The van der Waals surface area contributed by atoms with Crippen LogP contribution in [0.15, 0.2) is 59.5 Å². The summed E-state index contributed by atoms with van der Waals surface area (Å²) in [4.78, 5) is 34.0. The molecule has 0 aliphatic carbocycles. The largest absolute Gasteiger partial charge is 0.384 e. The maximum absolute atomic E-state index is 12.6. The second kappa shape index (κ2) is 8.18. The van der Waals surface area contributed by atoms with Crippen molar-refractivity contribution in [3.63, 3.8) is 0 Å².